The zero-order valence-electron chi connectivity index (χ0n) is 10.2. The minimum absolute atomic E-state index is 0.101. The zero-order valence-corrected chi connectivity index (χ0v) is 10.2. The summed E-state index contributed by atoms with van der Waals surface area (Å²) >= 11 is 0. The van der Waals surface area contributed by atoms with Gasteiger partial charge in [-0.3, -0.25) is 4.79 Å². The fourth-order valence-corrected chi connectivity index (χ4v) is 1.84. The molecule has 96 valence electrons. The van der Waals surface area contributed by atoms with E-state index in [1.165, 1.54) is 0 Å². The maximum atomic E-state index is 11.6. The second kappa shape index (κ2) is 7.06. The lowest BCUT2D eigenvalue weighted by Crippen LogP contribution is -2.36. The summed E-state index contributed by atoms with van der Waals surface area (Å²) in [7, 11) is 0. The van der Waals surface area contributed by atoms with E-state index in [4.69, 9.17) is 5.11 Å². The van der Waals surface area contributed by atoms with Crippen molar-refractivity contribution in [3.63, 3.8) is 0 Å². The van der Waals surface area contributed by atoms with Crippen LogP contribution in [0.4, 0.5) is 0 Å². The van der Waals surface area contributed by atoms with Crippen molar-refractivity contribution in [3.8, 4) is 0 Å². The van der Waals surface area contributed by atoms with E-state index in [1.807, 2.05) is 4.90 Å². The van der Waals surface area contributed by atoms with E-state index in [1.54, 1.807) is 13.0 Å². The first-order chi connectivity index (χ1) is 8.15. The molecule has 1 amide bonds. The molecule has 1 aliphatic heterocycles. The summed E-state index contributed by atoms with van der Waals surface area (Å²) in [6, 6.07) is 0. The third-order valence-electron chi connectivity index (χ3n) is 2.88. The smallest absolute Gasteiger partial charge is 0.331 e. The third-order valence-corrected chi connectivity index (χ3v) is 2.88. The minimum atomic E-state index is -0.889. The summed E-state index contributed by atoms with van der Waals surface area (Å²) in [5.41, 5.74) is 0.381. The molecule has 1 heterocycles. The van der Waals surface area contributed by atoms with Crippen molar-refractivity contribution in [2.45, 2.75) is 26.2 Å². The van der Waals surface area contributed by atoms with Crippen LogP contribution in [0, 0.1) is 0 Å². The molecule has 1 rings (SSSR count). The Kier molecular flexibility index (Phi) is 5.69. The van der Waals surface area contributed by atoms with E-state index in [-0.39, 0.29) is 12.5 Å². The molecule has 0 aromatic carbocycles. The highest BCUT2D eigenvalue weighted by atomic mass is 16.4. The molecule has 2 N–H and O–H groups in total. The fourth-order valence-electron chi connectivity index (χ4n) is 1.84. The Morgan fingerprint density at radius 3 is 2.53 bits per heavy atom. The third kappa shape index (κ3) is 4.56. The molecule has 17 heavy (non-hydrogen) atoms. The lowest BCUT2D eigenvalue weighted by Gasteiger charge is -2.14. The van der Waals surface area contributed by atoms with Crippen molar-refractivity contribution < 1.29 is 14.7 Å². The highest BCUT2D eigenvalue weighted by Crippen LogP contribution is 2.06. The van der Waals surface area contributed by atoms with E-state index in [9.17, 15) is 9.59 Å². The Bertz CT molecular complexity index is 307. The average Bonchev–Trinajstić information content (AvgIpc) is 2.81. The number of carbonyl (C=O) groups is 2. The van der Waals surface area contributed by atoms with E-state index in [0.29, 0.717) is 18.5 Å². The van der Waals surface area contributed by atoms with Crippen molar-refractivity contribution >= 4 is 11.9 Å². The molecule has 1 saturated heterocycles. The minimum Gasteiger partial charge on any atom is -0.478 e. The van der Waals surface area contributed by atoms with Crippen LogP contribution in [0.5, 0.6) is 0 Å². The van der Waals surface area contributed by atoms with Gasteiger partial charge in [0.25, 0.3) is 0 Å². The number of amides is 1. The van der Waals surface area contributed by atoms with Gasteiger partial charge in [-0.15, -0.1) is 0 Å². The van der Waals surface area contributed by atoms with Crippen LogP contribution in [0.2, 0.25) is 0 Å². The number of carboxylic acids is 1. The van der Waals surface area contributed by atoms with Crippen LogP contribution in [0.1, 0.15) is 26.2 Å². The van der Waals surface area contributed by atoms with Gasteiger partial charge in [0.1, 0.15) is 0 Å². The van der Waals surface area contributed by atoms with Gasteiger partial charge in [0.2, 0.25) is 5.91 Å². The number of aliphatic carboxylic acids is 1. The molecule has 0 spiro atoms. The van der Waals surface area contributed by atoms with E-state index in [2.05, 4.69) is 5.32 Å². The average molecular weight is 240 g/mol. The van der Waals surface area contributed by atoms with E-state index < -0.39 is 5.97 Å². The molecule has 0 radical (unpaired) electrons. The number of likely N-dealkylation sites (tertiary alicyclic amines) is 1. The highest BCUT2D eigenvalue weighted by molar-refractivity contribution is 5.86. The number of hydrogen-bond acceptors (Lipinski definition) is 3. The van der Waals surface area contributed by atoms with E-state index in [0.717, 1.165) is 25.9 Å². The predicted molar refractivity (Wildman–Crippen MR) is 64.7 cm³/mol. The number of nitrogens with zero attached hydrogens (tertiary/aromatic N) is 1. The lowest BCUT2D eigenvalue weighted by molar-refractivity contribution is -0.132. The fraction of sp³-hybridized carbons (Fsp3) is 0.667. The predicted octanol–water partition coefficient (Wildman–Crippen LogP) is 0.619. The van der Waals surface area contributed by atoms with Crippen LogP contribution < -0.4 is 5.32 Å². The number of carbonyl (C=O) groups excluding carboxylic acids is 1. The molecule has 0 aromatic rings. The second-order valence-electron chi connectivity index (χ2n) is 4.11. The topological polar surface area (TPSA) is 69.6 Å². The summed E-state index contributed by atoms with van der Waals surface area (Å²) in [5.74, 6) is -0.788. The Labute approximate surface area is 101 Å². The SMILES string of the molecule is CCC(=CCNCC(=O)N1CCCC1)C(=O)O. The van der Waals surface area contributed by atoms with Gasteiger partial charge in [0.15, 0.2) is 0 Å². The van der Waals surface area contributed by atoms with Gasteiger partial charge < -0.3 is 15.3 Å². The van der Waals surface area contributed by atoms with E-state index >= 15 is 0 Å². The van der Waals surface area contributed by atoms with Crippen LogP contribution in [0.25, 0.3) is 0 Å². The Morgan fingerprint density at radius 2 is 2.00 bits per heavy atom. The van der Waals surface area contributed by atoms with Crippen molar-refractivity contribution in [2.75, 3.05) is 26.2 Å². The van der Waals surface area contributed by atoms with Gasteiger partial charge in [0, 0.05) is 25.2 Å². The van der Waals surface area contributed by atoms with Crippen molar-refractivity contribution in [1.82, 2.24) is 10.2 Å². The molecule has 0 aromatic heterocycles. The Hall–Kier alpha value is -1.36. The molecule has 0 atom stereocenters. The highest BCUT2D eigenvalue weighted by Gasteiger charge is 2.16. The molecule has 5 nitrogen and oxygen atoms in total. The molecule has 1 aliphatic rings. The normalized spacial score (nSPS) is 16.3. The van der Waals surface area contributed by atoms with Gasteiger partial charge in [-0.25, -0.2) is 4.79 Å². The molecule has 0 unspecified atom stereocenters. The molecule has 0 aliphatic carbocycles. The summed E-state index contributed by atoms with van der Waals surface area (Å²) in [4.78, 5) is 24.2. The van der Waals surface area contributed by atoms with Crippen LogP contribution in [-0.2, 0) is 9.59 Å². The number of nitrogens with one attached hydrogen (secondary N) is 1. The first-order valence-corrected chi connectivity index (χ1v) is 6.06. The summed E-state index contributed by atoms with van der Waals surface area (Å²) < 4.78 is 0. The second-order valence-corrected chi connectivity index (χ2v) is 4.11. The maximum Gasteiger partial charge on any atom is 0.331 e. The van der Waals surface area contributed by atoms with Gasteiger partial charge in [-0.05, 0) is 19.3 Å². The van der Waals surface area contributed by atoms with Gasteiger partial charge in [0.05, 0.1) is 6.54 Å². The van der Waals surface area contributed by atoms with Crippen LogP contribution in [0.3, 0.4) is 0 Å². The molecule has 0 bridgehead atoms. The molecular formula is C12H20N2O3. The lowest BCUT2D eigenvalue weighted by atomic mass is 10.2. The first-order valence-electron chi connectivity index (χ1n) is 6.06. The Morgan fingerprint density at radius 1 is 1.35 bits per heavy atom. The largest absolute Gasteiger partial charge is 0.478 e. The first kappa shape index (κ1) is 13.7. The van der Waals surface area contributed by atoms with Gasteiger partial charge in [-0.2, -0.15) is 0 Å². The number of hydrogen-bond donors (Lipinski definition) is 2. The number of rotatable bonds is 6. The van der Waals surface area contributed by atoms with Crippen LogP contribution in [0.15, 0.2) is 11.6 Å². The summed E-state index contributed by atoms with van der Waals surface area (Å²) in [5, 5.41) is 11.7. The van der Waals surface area contributed by atoms with Crippen LogP contribution in [-0.4, -0.2) is 48.1 Å². The van der Waals surface area contributed by atoms with Crippen molar-refractivity contribution in [1.29, 1.82) is 0 Å². The van der Waals surface area contributed by atoms with Crippen LogP contribution >= 0.6 is 0 Å². The molecule has 1 fully saturated rings. The molecule has 0 saturated carbocycles. The van der Waals surface area contributed by atoms with Crippen molar-refractivity contribution in [2.24, 2.45) is 0 Å². The zero-order chi connectivity index (χ0) is 12.7. The van der Waals surface area contributed by atoms with Gasteiger partial charge in [-0.1, -0.05) is 13.0 Å². The maximum absolute atomic E-state index is 11.6. The molecular weight excluding hydrogens is 220 g/mol. The quantitative estimate of drug-likeness (QED) is 0.527. The Balaban J connectivity index is 2.23. The monoisotopic (exact) mass is 240 g/mol. The standard InChI is InChI=1S/C12H20N2O3/c1-2-10(12(16)17)5-6-13-9-11(15)14-7-3-4-8-14/h5,13H,2-4,6-9H2,1H3,(H,16,17). The van der Waals surface area contributed by atoms with Crippen molar-refractivity contribution in [3.05, 3.63) is 11.6 Å². The summed E-state index contributed by atoms with van der Waals surface area (Å²) in [6.07, 6.45) is 4.30. The van der Waals surface area contributed by atoms with Gasteiger partial charge >= 0.3 is 5.97 Å². The summed E-state index contributed by atoms with van der Waals surface area (Å²) in [6.45, 7) is 4.22. The number of carboxylic acid groups (broad SMARTS) is 1. The molecule has 5 heteroatoms.